The van der Waals surface area contributed by atoms with Gasteiger partial charge in [-0.25, -0.2) is 4.98 Å². The molecule has 1 aliphatic carbocycles. The maximum absolute atomic E-state index is 5.30. The Kier molecular flexibility index (Phi) is 3.04. The number of rotatable bonds is 5. The van der Waals surface area contributed by atoms with Crippen LogP contribution in [-0.2, 0) is 0 Å². The zero-order valence-corrected chi connectivity index (χ0v) is 9.23. The van der Waals surface area contributed by atoms with Crippen LogP contribution in [0.3, 0.4) is 0 Å². The topological polar surface area (TPSA) is 47.0 Å². The van der Waals surface area contributed by atoms with E-state index in [1.807, 2.05) is 6.92 Å². The first-order valence-corrected chi connectivity index (χ1v) is 5.49. The highest BCUT2D eigenvalue weighted by Gasteiger charge is 2.32. The van der Waals surface area contributed by atoms with Gasteiger partial charge < -0.3 is 10.1 Å². The monoisotopic (exact) mass is 207 g/mol. The van der Waals surface area contributed by atoms with Crippen LogP contribution in [0.15, 0.2) is 12.3 Å². The van der Waals surface area contributed by atoms with Crippen LogP contribution in [0.25, 0.3) is 0 Å². The minimum absolute atomic E-state index is 0.635. The van der Waals surface area contributed by atoms with Gasteiger partial charge in [0.15, 0.2) is 0 Å². The third-order valence-electron chi connectivity index (χ3n) is 2.72. The zero-order valence-electron chi connectivity index (χ0n) is 9.23. The molecule has 0 aromatic carbocycles. The normalized spacial score (nSPS) is 23.6. The highest BCUT2D eigenvalue weighted by atomic mass is 16.5. The molecule has 1 aromatic heterocycles. The summed E-state index contributed by atoms with van der Waals surface area (Å²) in [5, 5.41) is 3.23. The highest BCUT2D eigenvalue weighted by Crippen LogP contribution is 2.37. The molecule has 0 aliphatic heterocycles. The van der Waals surface area contributed by atoms with Crippen LogP contribution in [0.2, 0.25) is 0 Å². The smallest absolute Gasteiger partial charge is 0.225 e. The molecule has 2 atom stereocenters. The van der Waals surface area contributed by atoms with Crippen molar-refractivity contribution in [2.24, 2.45) is 11.8 Å². The molecular formula is C11H17N3O. The lowest BCUT2D eigenvalue weighted by molar-refractivity contribution is 0.326. The lowest BCUT2D eigenvalue weighted by Crippen LogP contribution is -2.08. The molecule has 1 aliphatic rings. The van der Waals surface area contributed by atoms with Crippen LogP contribution in [0.4, 0.5) is 5.95 Å². The van der Waals surface area contributed by atoms with Gasteiger partial charge in [0.05, 0.1) is 6.61 Å². The summed E-state index contributed by atoms with van der Waals surface area (Å²) in [7, 11) is 0. The Morgan fingerprint density at radius 1 is 1.60 bits per heavy atom. The van der Waals surface area contributed by atoms with Crippen molar-refractivity contribution in [3.05, 3.63) is 12.3 Å². The predicted molar refractivity (Wildman–Crippen MR) is 59.0 cm³/mol. The number of nitrogens with zero attached hydrogens (tertiary/aromatic N) is 2. The van der Waals surface area contributed by atoms with Gasteiger partial charge >= 0.3 is 0 Å². The van der Waals surface area contributed by atoms with E-state index in [0.29, 0.717) is 18.4 Å². The van der Waals surface area contributed by atoms with Crippen molar-refractivity contribution < 1.29 is 4.74 Å². The van der Waals surface area contributed by atoms with Crippen molar-refractivity contribution in [2.75, 3.05) is 18.5 Å². The summed E-state index contributed by atoms with van der Waals surface area (Å²) >= 11 is 0. The van der Waals surface area contributed by atoms with Gasteiger partial charge in [-0.2, -0.15) is 4.98 Å². The van der Waals surface area contributed by atoms with Gasteiger partial charge in [-0.15, -0.1) is 0 Å². The van der Waals surface area contributed by atoms with Crippen LogP contribution in [0, 0.1) is 11.8 Å². The Morgan fingerprint density at radius 2 is 2.40 bits per heavy atom. The molecule has 82 valence electrons. The van der Waals surface area contributed by atoms with Gasteiger partial charge in [-0.05, 0) is 25.2 Å². The van der Waals surface area contributed by atoms with E-state index in [0.717, 1.165) is 18.4 Å². The second kappa shape index (κ2) is 4.47. The van der Waals surface area contributed by atoms with Gasteiger partial charge in [-0.3, -0.25) is 0 Å². The van der Waals surface area contributed by atoms with E-state index in [4.69, 9.17) is 4.74 Å². The maximum atomic E-state index is 5.30. The van der Waals surface area contributed by atoms with Gasteiger partial charge in [0, 0.05) is 18.8 Å². The standard InChI is InChI=1S/C11H17N3O/c1-3-15-10-4-5-12-11(14-10)13-7-9-6-8(9)2/h4-5,8-9H,3,6-7H2,1-2H3,(H,12,13,14). The molecular weight excluding hydrogens is 190 g/mol. The number of hydrogen-bond acceptors (Lipinski definition) is 4. The zero-order chi connectivity index (χ0) is 10.7. The number of ether oxygens (including phenoxy) is 1. The average Bonchev–Trinajstić information content (AvgIpc) is 2.93. The molecule has 15 heavy (non-hydrogen) atoms. The summed E-state index contributed by atoms with van der Waals surface area (Å²) in [6.45, 7) is 5.82. The van der Waals surface area contributed by atoms with Crippen LogP contribution in [0.1, 0.15) is 20.3 Å². The van der Waals surface area contributed by atoms with E-state index < -0.39 is 0 Å². The Labute approximate surface area is 90.1 Å². The molecule has 1 saturated carbocycles. The molecule has 2 rings (SSSR count). The molecule has 0 spiro atoms. The minimum Gasteiger partial charge on any atom is -0.478 e. The lowest BCUT2D eigenvalue weighted by atomic mass is 10.3. The molecule has 1 aromatic rings. The second-order valence-electron chi connectivity index (χ2n) is 4.01. The molecule has 1 heterocycles. The van der Waals surface area contributed by atoms with Crippen molar-refractivity contribution in [3.8, 4) is 5.88 Å². The summed E-state index contributed by atoms with van der Waals surface area (Å²) in [4.78, 5) is 8.39. The molecule has 4 nitrogen and oxygen atoms in total. The van der Waals surface area contributed by atoms with Crippen molar-refractivity contribution >= 4 is 5.95 Å². The van der Waals surface area contributed by atoms with Gasteiger partial charge in [0.2, 0.25) is 11.8 Å². The van der Waals surface area contributed by atoms with Crippen molar-refractivity contribution in [1.82, 2.24) is 9.97 Å². The average molecular weight is 207 g/mol. The molecule has 0 bridgehead atoms. The van der Waals surface area contributed by atoms with E-state index in [1.54, 1.807) is 12.3 Å². The SMILES string of the molecule is CCOc1ccnc(NCC2CC2C)n1. The third-order valence-corrected chi connectivity index (χ3v) is 2.72. The summed E-state index contributed by atoms with van der Waals surface area (Å²) < 4.78 is 5.30. The lowest BCUT2D eigenvalue weighted by Gasteiger charge is -2.05. The summed E-state index contributed by atoms with van der Waals surface area (Å²) in [6, 6.07) is 1.77. The van der Waals surface area contributed by atoms with E-state index >= 15 is 0 Å². The van der Waals surface area contributed by atoms with Crippen molar-refractivity contribution in [2.45, 2.75) is 20.3 Å². The Balaban J connectivity index is 1.87. The first-order chi connectivity index (χ1) is 7.29. The van der Waals surface area contributed by atoms with Gasteiger partial charge in [0.25, 0.3) is 0 Å². The summed E-state index contributed by atoms with van der Waals surface area (Å²) in [5.41, 5.74) is 0. The first kappa shape index (κ1) is 10.2. The summed E-state index contributed by atoms with van der Waals surface area (Å²) in [5.74, 6) is 2.95. The Hall–Kier alpha value is -1.32. The molecule has 1 fully saturated rings. The minimum atomic E-state index is 0.635. The van der Waals surface area contributed by atoms with E-state index in [9.17, 15) is 0 Å². The number of hydrogen-bond donors (Lipinski definition) is 1. The fraction of sp³-hybridized carbons (Fsp3) is 0.636. The van der Waals surface area contributed by atoms with Crippen molar-refractivity contribution in [3.63, 3.8) is 0 Å². The fourth-order valence-corrected chi connectivity index (χ4v) is 1.56. The quantitative estimate of drug-likeness (QED) is 0.801. The Bertz CT molecular complexity index is 329. The maximum Gasteiger partial charge on any atom is 0.225 e. The first-order valence-electron chi connectivity index (χ1n) is 5.49. The van der Waals surface area contributed by atoms with Crippen LogP contribution in [0.5, 0.6) is 5.88 Å². The number of anilines is 1. The van der Waals surface area contributed by atoms with Crippen LogP contribution >= 0.6 is 0 Å². The van der Waals surface area contributed by atoms with E-state index in [-0.39, 0.29) is 0 Å². The number of aromatic nitrogens is 2. The molecule has 1 N–H and O–H groups in total. The third kappa shape index (κ3) is 2.81. The summed E-state index contributed by atoms with van der Waals surface area (Å²) in [6.07, 6.45) is 3.04. The van der Waals surface area contributed by atoms with E-state index in [1.165, 1.54) is 6.42 Å². The van der Waals surface area contributed by atoms with Gasteiger partial charge in [0.1, 0.15) is 0 Å². The van der Waals surface area contributed by atoms with E-state index in [2.05, 4.69) is 22.2 Å². The highest BCUT2D eigenvalue weighted by molar-refractivity contribution is 5.27. The molecule has 2 unspecified atom stereocenters. The molecule has 0 saturated heterocycles. The molecule has 0 amide bonds. The van der Waals surface area contributed by atoms with Crippen molar-refractivity contribution in [1.29, 1.82) is 0 Å². The molecule has 4 heteroatoms. The molecule has 0 radical (unpaired) electrons. The number of nitrogens with one attached hydrogen (secondary N) is 1. The van der Waals surface area contributed by atoms with Crippen LogP contribution in [-0.4, -0.2) is 23.1 Å². The predicted octanol–water partition coefficient (Wildman–Crippen LogP) is 1.94. The van der Waals surface area contributed by atoms with Crippen LogP contribution < -0.4 is 10.1 Å². The fourth-order valence-electron chi connectivity index (χ4n) is 1.56. The Morgan fingerprint density at radius 3 is 3.07 bits per heavy atom. The van der Waals surface area contributed by atoms with Gasteiger partial charge in [-0.1, -0.05) is 6.92 Å². The second-order valence-corrected chi connectivity index (χ2v) is 4.01. The largest absolute Gasteiger partial charge is 0.478 e.